The summed E-state index contributed by atoms with van der Waals surface area (Å²) in [5, 5.41) is 13.6. The Kier molecular flexibility index (Phi) is 4.19. The van der Waals surface area contributed by atoms with Crippen LogP contribution in [0.5, 0.6) is 0 Å². The third-order valence-corrected chi connectivity index (χ3v) is 3.67. The lowest BCUT2D eigenvalue weighted by atomic mass is 9.85. The predicted octanol–water partition coefficient (Wildman–Crippen LogP) is 1.72. The third-order valence-electron chi connectivity index (χ3n) is 3.67. The quantitative estimate of drug-likeness (QED) is 0.893. The number of amides is 1. The number of carbonyl (C=O) groups is 1. The molecule has 112 valence electrons. The molecule has 1 aliphatic rings. The molecular formula is C14H14F3N3O. The van der Waals surface area contributed by atoms with Gasteiger partial charge in [0.15, 0.2) is 5.41 Å². The van der Waals surface area contributed by atoms with Crippen LogP contribution in [0.1, 0.15) is 17.5 Å². The molecule has 1 amide bonds. The molecular weight excluding hydrogens is 283 g/mol. The zero-order valence-corrected chi connectivity index (χ0v) is 11.1. The number of benzene rings is 1. The first kappa shape index (κ1) is 15.3. The van der Waals surface area contributed by atoms with Crippen molar-refractivity contribution in [3.63, 3.8) is 0 Å². The van der Waals surface area contributed by atoms with Gasteiger partial charge in [0.2, 0.25) is 5.91 Å². The number of carbonyl (C=O) groups excluding carboxylic acids is 1. The van der Waals surface area contributed by atoms with Crippen LogP contribution in [0.4, 0.5) is 13.2 Å². The van der Waals surface area contributed by atoms with Gasteiger partial charge in [-0.05, 0) is 30.7 Å². The number of halogens is 3. The fourth-order valence-electron chi connectivity index (χ4n) is 2.31. The molecule has 1 atom stereocenters. The Hall–Kier alpha value is -2.07. The van der Waals surface area contributed by atoms with Crippen LogP contribution in [0.15, 0.2) is 24.3 Å². The van der Waals surface area contributed by atoms with Crippen molar-refractivity contribution in [3.05, 3.63) is 35.4 Å². The van der Waals surface area contributed by atoms with E-state index >= 15 is 0 Å². The number of rotatable bonds is 3. The van der Waals surface area contributed by atoms with E-state index in [1.165, 1.54) is 0 Å². The minimum absolute atomic E-state index is 0.00235. The maximum Gasteiger partial charge on any atom is 0.404 e. The molecule has 0 aliphatic carbocycles. The average molecular weight is 297 g/mol. The number of nitrogens with one attached hydrogen (secondary N) is 2. The summed E-state index contributed by atoms with van der Waals surface area (Å²) in [6.07, 6.45) is -4.83. The second-order valence-electron chi connectivity index (χ2n) is 5.00. The lowest BCUT2D eigenvalue weighted by molar-refractivity contribution is -0.216. The van der Waals surface area contributed by atoms with E-state index < -0.39 is 24.0 Å². The van der Waals surface area contributed by atoms with Gasteiger partial charge in [0.25, 0.3) is 0 Å². The van der Waals surface area contributed by atoms with Crippen LogP contribution in [0.25, 0.3) is 0 Å². The molecule has 2 N–H and O–H groups in total. The molecule has 1 saturated heterocycles. The first-order chi connectivity index (χ1) is 9.89. The fourth-order valence-corrected chi connectivity index (χ4v) is 2.31. The second-order valence-corrected chi connectivity index (χ2v) is 5.00. The zero-order valence-electron chi connectivity index (χ0n) is 11.1. The lowest BCUT2D eigenvalue weighted by Crippen LogP contribution is -2.52. The first-order valence-corrected chi connectivity index (χ1v) is 6.44. The summed E-state index contributed by atoms with van der Waals surface area (Å²) in [6, 6.07) is 8.26. The van der Waals surface area contributed by atoms with E-state index in [-0.39, 0.29) is 19.5 Å². The van der Waals surface area contributed by atoms with Gasteiger partial charge in [-0.15, -0.1) is 0 Å². The summed E-state index contributed by atoms with van der Waals surface area (Å²) in [7, 11) is 0. The van der Waals surface area contributed by atoms with Gasteiger partial charge < -0.3 is 10.6 Å². The van der Waals surface area contributed by atoms with Crippen molar-refractivity contribution in [1.82, 2.24) is 10.6 Å². The van der Waals surface area contributed by atoms with Gasteiger partial charge in [0, 0.05) is 13.1 Å². The number of alkyl halides is 3. The molecule has 1 fully saturated rings. The van der Waals surface area contributed by atoms with Gasteiger partial charge in [-0.25, -0.2) is 0 Å². The summed E-state index contributed by atoms with van der Waals surface area (Å²) < 4.78 is 39.5. The maximum absolute atomic E-state index is 13.2. The molecule has 4 nitrogen and oxygen atoms in total. The van der Waals surface area contributed by atoms with Crippen LogP contribution in [0.3, 0.4) is 0 Å². The summed E-state index contributed by atoms with van der Waals surface area (Å²) >= 11 is 0. The minimum atomic E-state index is -4.58. The molecule has 1 aliphatic heterocycles. The van der Waals surface area contributed by atoms with Gasteiger partial charge in [-0.3, -0.25) is 4.79 Å². The molecule has 0 aromatic heterocycles. The van der Waals surface area contributed by atoms with Gasteiger partial charge >= 0.3 is 6.18 Å². The SMILES string of the molecule is N#Cc1ccc(CNC(=O)C2(C(F)(F)F)CCNC2)cc1. The average Bonchev–Trinajstić information content (AvgIpc) is 2.96. The molecule has 0 spiro atoms. The third kappa shape index (κ3) is 3.00. The first-order valence-electron chi connectivity index (χ1n) is 6.44. The van der Waals surface area contributed by atoms with Crippen LogP contribution in [-0.4, -0.2) is 25.2 Å². The standard InChI is InChI=1S/C14H14F3N3O/c15-14(16,17)13(5-6-19-9-13)12(21)20-8-11-3-1-10(7-18)2-4-11/h1-4,19H,5-6,8-9H2,(H,20,21). The molecule has 1 aromatic carbocycles. The minimum Gasteiger partial charge on any atom is -0.351 e. The number of nitriles is 1. The highest BCUT2D eigenvalue weighted by molar-refractivity contribution is 5.84. The number of nitrogens with zero attached hydrogens (tertiary/aromatic N) is 1. The monoisotopic (exact) mass is 297 g/mol. The van der Waals surface area contributed by atoms with Gasteiger partial charge in [-0.1, -0.05) is 12.1 Å². The Balaban J connectivity index is 2.04. The summed E-state index contributed by atoms with van der Waals surface area (Å²) in [5.41, 5.74) is -1.25. The van der Waals surface area contributed by atoms with Crippen molar-refractivity contribution >= 4 is 5.91 Å². The van der Waals surface area contributed by atoms with Crippen LogP contribution in [-0.2, 0) is 11.3 Å². The molecule has 0 radical (unpaired) electrons. The van der Waals surface area contributed by atoms with Crippen molar-refractivity contribution in [2.45, 2.75) is 19.1 Å². The van der Waals surface area contributed by atoms with Crippen LogP contribution in [0, 0.1) is 16.7 Å². The molecule has 0 bridgehead atoms. The van der Waals surface area contributed by atoms with E-state index in [0.29, 0.717) is 11.1 Å². The molecule has 21 heavy (non-hydrogen) atoms. The second kappa shape index (κ2) is 5.74. The van der Waals surface area contributed by atoms with E-state index in [2.05, 4.69) is 10.6 Å². The van der Waals surface area contributed by atoms with Gasteiger partial charge in [0.05, 0.1) is 11.6 Å². The summed E-state index contributed by atoms with van der Waals surface area (Å²) in [5.74, 6) is -1.01. The van der Waals surface area contributed by atoms with Crippen LogP contribution in [0.2, 0.25) is 0 Å². The zero-order chi connectivity index (χ0) is 15.5. The maximum atomic E-state index is 13.2. The molecule has 1 unspecified atom stereocenters. The van der Waals surface area contributed by atoms with E-state index in [1.807, 2.05) is 6.07 Å². The summed E-state index contributed by atoms with van der Waals surface area (Å²) in [4.78, 5) is 12.0. The van der Waals surface area contributed by atoms with Crippen molar-refractivity contribution in [2.75, 3.05) is 13.1 Å². The van der Waals surface area contributed by atoms with Crippen molar-refractivity contribution in [2.24, 2.45) is 5.41 Å². The lowest BCUT2D eigenvalue weighted by Gasteiger charge is -2.29. The summed E-state index contributed by atoms with van der Waals surface area (Å²) in [6.45, 7) is -0.220. The normalized spacial score (nSPS) is 21.8. The van der Waals surface area contributed by atoms with E-state index in [4.69, 9.17) is 5.26 Å². The highest BCUT2D eigenvalue weighted by Gasteiger charge is 2.61. The smallest absolute Gasteiger partial charge is 0.351 e. The number of hydrogen-bond donors (Lipinski definition) is 2. The Morgan fingerprint density at radius 3 is 2.52 bits per heavy atom. The van der Waals surface area contributed by atoms with Crippen molar-refractivity contribution in [1.29, 1.82) is 5.26 Å². The Morgan fingerprint density at radius 2 is 2.05 bits per heavy atom. The van der Waals surface area contributed by atoms with E-state index in [0.717, 1.165) is 0 Å². The van der Waals surface area contributed by atoms with Gasteiger partial charge in [0.1, 0.15) is 0 Å². The molecule has 1 heterocycles. The van der Waals surface area contributed by atoms with Crippen molar-refractivity contribution < 1.29 is 18.0 Å². The van der Waals surface area contributed by atoms with E-state index in [9.17, 15) is 18.0 Å². The Bertz CT molecular complexity index is 554. The number of hydrogen-bond acceptors (Lipinski definition) is 3. The molecule has 2 rings (SSSR count). The topological polar surface area (TPSA) is 64.9 Å². The molecule has 1 aromatic rings. The van der Waals surface area contributed by atoms with Crippen LogP contribution < -0.4 is 10.6 Å². The van der Waals surface area contributed by atoms with Gasteiger partial charge in [-0.2, -0.15) is 18.4 Å². The molecule has 7 heteroatoms. The largest absolute Gasteiger partial charge is 0.404 e. The Labute approximate surface area is 119 Å². The highest BCUT2D eigenvalue weighted by atomic mass is 19.4. The Morgan fingerprint density at radius 1 is 1.38 bits per heavy atom. The fraction of sp³-hybridized carbons (Fsp3) is 0.429. The van der Waals surface area contributed by atoms with Crippen molar-refractivity contribution in [3.8, 4) is 6.07 Å². The van der Waals surface area contributed by atoms with Crippen LogP contribution >= 0.6 is 0 Å². The predicted molar refractivity (Wildman–Crippen MR) is 69.0 cm³/mol. The van der Waals surface area contributed by atoms with E-state index in [1.54, 1.807) is 24.3 Å². The highest BCUT2D eigenvalue weighted by Crippen LogP contribution is 2.43. The molecule has 0 saturated carbocycles.